The van der Waals surface area contributed by atoms with Crippen molar-refractivity contribution in [3.05, 3.63) is 0 Å². The van der Waals surface area contributed by atoms with Crippen molar-refractivity contribution >= 4 is 12.0 Å². The van der Waals surface area contributed by atoms with Gasteiger partial charge in [0.2, 0.25) is 0 Å². The van der Waals surface area contributed by atoms with Gasteiger partial charge in [0.05, 0.1) is 12.5 Å². The molecular formula is C12H24N2O4. The van der Waals surface area contributed by atoms with Crippen molar-refractivity contribution in [1.82, 2.24) is 9.80 Å². The molecule has 0 aromatic carbocycles. The second-order valence-corrected chi connectivity index (χ2v) is 5.48. The molecule has 6 nitrogen and oxygen atoms in total. The lowest BCUT2D eigenvalue weighted by molar-refractivity contribution is -0.137. The van der Waals surface area contributed by atoms with Crippen LogP contribution in [0.3, 0.4) is 0 Å². The first kappa shape index (κ1) is 16.7. The third-order valence-electron chi connectivity index (χ3n) is 2.45. The third-order valence-corrected chi connectivity index (χ3v) is 2.45. The summed E-state index contributed by atoms with van der Waals surface area (Å²) in [5.41, 5.74) is -0.459. The Kier molecular flexibility index (Phi) is 6.11. The Balaban J connectivity index is 4.75. The van der Waals surface area contributed by atoms with Gasteiger partial charge in [-0.05, 0) is 27.7 Å². The molecule has 0 saturated heterocycles. The molecular weight excluding hydrogens is 236 g/mol. The number of urea groups is 1. The van der Waals surface area contributed by atoms with Crippen molar-refractivity contribution in [1.29, 1.82) is 0 Å². The van der Waals surface area contributed by atoms with E-state index in [1.165, 1.54) is 9.80 Å². The molecule has 1 unspecified atom stereocenters. The number of aliphatic carboxylic acids is 1. The van der Waals surface area contributed by atoms with Gasteiger partial charge in [-0.2, -0.15) is 0 Å². The highest BCUT2D eigenvalue weighted by Crippen LogP contribution is 2.16. The smallest absolute Gasteiger partial charge is 0.320 e. The zero-order chi connectivity index (χ0) is 14.5. The minimum Gasteiger partial charge on any atom is -0.481 e. The van der Waals surface area contributed by atoms with Gasteiger partial charge in [-0.3, -0.25) is 4.79 Å². The van der Waals surface area contributed by atoms with Gasteiger partial charge in [0, 0.05) is 25.7 Å². The van der Waals surface area contributed by atoms with E-state index in [0.29, 0.717) is 0 Å². The summed E-state index contributed by atoms with van der Waals surface area (Å²) >= 11 is 0. The van der Waals surface area contributed by atoms with Crippen LogP contribution in [0.15, 0.2) is 0 Å². The summed E-state index contributed by atoms with van der Waals surface area (Å²) in [6, 6.07) is -0.273. The molecule has 0 saturated carbocycles. The Bertz CT molecular complexity index is 297. The zero-order valence-corrected chi connectivity index (χ0v) is 11.8. The van der Waals surface area contributed by atoms with E-state index in [4.69, 9.17) is 5.11 Å². The largest absolute Gasteiger partial charge is 0.481 e. The predicted octanol–water partition coefficient (Wildman–Crippen LogP) is 0.994. The highest BCUT2D eigenvalue weighted by atomic mass is 16.4. The van der Waals surface area contributed by atoms with E-state index in [0.717, 1.165) is 0 Å². The van der Waals surface area contributed by atoms with Gasteiger partial charge in [-0.15, -0.1) is 0 Å². The van der Waals surface area contributed by atoms with Gasteiger partial charge in [-0.1, -0.05) is 0 Å². The lowest BCUT2D eigenvalue weighted by atomic mass is 10.1. The summed E-state index contributed by atoms with van der Waals surface area (Å²) in [4.78, 5) is 25.7. The molecule has 0 rings (SSSR count). The van der Waals surface area contributed by atoms with Gasteiger partial charge in [0.15, 0.2) is 0 Å². The molecule has 6 heteroatoms. The molecule has 0 heterocycles. The Hall–Kier alpha value is -1.30. The van der Waals surface area contributed by atoms with E-state index in [1.807, 2.05) is 20.8 Å². The summed E-state index contributed by atoms with van der Waals surface area (Å²) in [5.74, 6) is -0.935. The van der Waals surface area contributed by atoms with Crippen LogP contribution in [0, 0.1) is 0 Å². The topological polar surface area (TPSA) is 81.1 Å². The fourth-order valence-electron chi connectivity index (χ4n) is 1.61. The van der Waals surface area contributed by atoms with Crippen LogP contribution in [0.25, 0.3) is 0 Å². The number of aliphatic hydroxyl groups is 1. The lowest BCUT2D eigenvalue weighted by Crippen LogP contribution is -2.52. The predicted molar refractivity (Wildman–Crippen MR) is 68.4 cm³/mol. The Morgan fingerprint density at radius 3 is 2.11 bits per heavy atom. The summed E-state index contributed by atoms with van der Waals surface area (Å²) in [7, 11) is 1.59. The molecule has 0 aliphatic heterocycles. The van der Waals surface area contributed by atoms with Crippen molar-refractivity contribution in [3.63, 3.8) is 0 Å². The average Bonchev–Trinajstić information content (AvgIpc) is 2.13. The van der Waals surface area contributed by atoms with Crippen molar-refractivity contribution in [3.8, 4) is 0 Å². The highest BCUT2D eigenvalue weighted by Gasteiger charge is 2.29. The number of hydrogen-bond donors (Lipinski definition) is 2. The lowest BCUT2D eigenvalue weighted by Gasteiger charge is -2.38. The van der Waals surface area contributed by atoms with E-state index in [9.17, 15) is 14.7 Å². The molecule has 0 aliphatic carbocycles. The first-order valence-electron chi connectivity index (χ1n) is 5.98. The van der Waals surface area contributed by atoms with Gasteiger partial charge >= 0.3 is 12.0 Å². The molecule has 106 valence electrons. The molecule has 0 fully saturated rings. The number of carboxylic acids is 1. The maximum absolute atomic E-state index is 12.2. The molecule has 0 aliphatic rings. The highest BCUT2D eigenvalue weighted by molar-refractivity contribution is 5.76. The number of rotatable bonds is 5. The van der Waals surface area contributed by atoms with Crippen LogP contribution in [0.5, 0.6) is 0 Å². The quantitative estimate of drug-likeness (QED) is 0.772. The number of aliphatic hydroxyl groups excluding tert-OH is 1. The summed E-state index contributed by atoms with van der Waals surface area (Å²) in [6.07, 6.45) is -0.703. The fraction of sp³-hybridized carbons (Fsp3) is 0.833. The number of likely N-dealkylation sites (N-methyl/N-ethyl adjacent to an activating group) is 1. The van der Waals surface area contributed by atoms with Crippen LogP contribution in [0.1, 0.15) is 34.1 Å². The van der Waals surface area contributed by atoms with Crippen LogP contribution in [0.4, 0.5) is 4.79 Å². The average molecular weight is 260 g/mol. The number of hydrogen-bond acceptors (Lipinski definition) is 3. The normalized spacial score (nSPS) is 13.0. The van der Waals surface area contributed by atoms with E-state index in [2.05, 4.69) is 0 Å². The van der Waals surface area contributed by atoms with Crippen molar-refractivity contribution in [2.45, 2.75) is 45.8 Å². The monoisotopic (exact) mass is 260 g/mol. The minimum atomic E-state index is -0.935. The Morgan fingerprint density at radius 1 is 1.28 bits per heavy atom. The summed E-state index contributed by atoms with van der Waals surface area (Å²) in [6.45, 7) is 7.53. The van der Waals surface area contributed by atoms with Crippen molar-refractivity contribution < 1.29 is 19.8 Å². The first-order valence-corrected chi connectivity index (χ1v) is 5.98. The minimum absolute atomic E-state index is 0.0917. The molecule has 2 amide bonds. The second kappa shape index (κ2) is 6.58. The molecule has 0 radical (unpaired) electrons. The van der Waals surface area contributed by atoms with Crippen LogP contribution in [0.2, 0.25) is 0 Å². The number of carbonyl (C=O) groups excluding carboxylic acids is 1. The summed E-state index contributed by atoms with van der Waals surface area (Å²) in [5, 5.41) is 18.0. The Morgan fingerprint density at radius 2 is 1.78 bits per heavy atom. The molecule has 0 aromatic heterocycles. The zero-order valence-electron chi connectivity index (χ0n) is 11.8. The first-order chi connectivity index (χ1) is 8.05. The number of amides is 2. The van der Waals surface area contributed by atoms with Crippen LogP contribution < -0.4 is 0 Å². The second-order valence-electron chi connectivity index (χ2n) is 5.48. The third kappa shape index (κ3) is 5.86. The fourth-order valence-corrected chi connectivity index (χ4v) is 1.61. The molecule has 0 spiro atoms. The van der Waals surface area contributed by atoms with Crippen molar-refractivity contribution in [2.24, 2.45) is 0 Å². The van der Waals surface area contributed by atoms with Crippen LogP contribution in [-0.4, -0.2) is 63.8 Å². The molecule has 18 heavy (non-hydrogen) atoms. The molecule has 1 atom stereocenters. The van der Waals surface area contributed by atoms with Gasteiger partial charge in [-0.25, -0.2) is 4.79 Å². The standard InChI is InChI=1S/C12H24N2O4/c1-9(15)8-13(5)11(18)14(12(2,3)4)7-6-10(16)17/h9,15H,6-8H2,1-5H3,(H,16,17). The van der Waals surface area contributed by atoms with Gasteiger partial charge < -0.3 is 20.0 Å². The molecule has 0 bridgehead atoms. The van der Waals surface area contributed by atoms with Crippen LogP contribution >= 0.6 is 0 Å². The van der Waals surface area contributed by atoms with Gasteiger partial charge in [0.25, 0.3) is 0 Å². The SMILES string of the molecule is CC(O)CN(C)C(=O)N(CCC(=O)O)C(C)(C)C. The van der Waals surface area contributed by atoms with E-state index < -0.39 is 17.6 Å². The maximum atomic E-state index is 12.2. The molecule has 2 N–H and O–H groups in total. The maximum Gasteiger partial charge on any atom is 0.320 e. The number of carbonyl (C=O) groups is 2. The Labute approximate surface area is 108 Å². The van der Waals surface area contributed by atoms with E-state index in [1.54, 1.807) is 14.0 Å². The molecule has 0 aromatic rings. The number of nitrogens with zero attached hydrogens (tertiary/aromatic N) is 2. The van der Waals surface area contributed by atoms with Crippen LogP contribution in [-0.2, 0) is 4.79 Å². The van der Waals surface area contributed by atoms with E-state index in [-0.39, 0.29) is 25.5 Å². The van der Waals surface area contributed by atoms with E-state index >= 15 is 0 Å². The number of carboxylic acid groups (broad SMARTS) is 1. The van der Waals surface area contributed by atoms with Crippen molar-refractivity contribution in [2.75, 3.05) is 20.1 Å². The van der Waals surface area contributed by atoms with Gasteiger partial charge in [0.1, 0.15) is 0 Å². The summed E-state index contributed by atoms with van der Waals surface area (Å²) < 4.78 is 0.